The number of anilines is 1. The van der Waals surface area contributed by atoms with E-state index in [1.54, 1.807) is 0 Å². The number of aliphatic hydroxyl groups is 1. The molecule has 1 fully saturated rings. The summed E-state index contributed by atoms with van der Waals surface area (Å²) in [6.07, 6.45) is 1.14. The summed E-state index contributed by atoms with van der Waals surface area (Å²) in [5.74, 6) is 1.70. The first-order valence-electron chi connectivity index (χ1n) is 7.20. The molecule has 1 saturated heterocycles. The van der Waals surface area contributed by atoms with Crippen molar-refractivity contribution in [2.75, 3.05) is 24.6 Å². The van der Waals surface area contributed by atoms with E-state index in [1.165, 1.54) is 11.4 Å². The number of rotatable bonds is 5. The topological polar surface area (TPSA) is 53.3 Å². The van der Waals surface area contributed by atoms with Gasteiger partial charge >= 0.3 is 0 Å². The number of aromatic nitrogens is 2. The van der Waals surface area contributed by atoms with E-state index in [2.05, 4.69) is 36.1 Å². The van der Waals surface area contributed by atoms with Crippen molar-refractivity contribution in [3.63, 3.8) is 0 Å². The summed E-state index contributed by atoms with van der Waals surface area (Å²) in [4.78, 5) is 2.33. The molecule has 1 aromatic heterocycles. The van der Waals surface area contributed by atoms with Crippen molar-refractivity contribution in [1.29, 1.82) is 0 Å². The van der Waals surface area contributed by atoms with E-state index >= 15 is 0 Å². The number of aryl methyl sites for hydroxylation is 2. The molecule has 5 nitrogen and oxygen atoms in total. The third kappa shape index (κ3) is 2.62. The summed E-state index contributed by atoms with van der Waals surface area (Å²) in [6, 6.07) is 0.218. The van der Waals surface area contributed by atoms with Gasteiger partial charge in [0.05, 0.1) is 18.3 Å². The van der Waals surface area contributed by atoms with Crippen molar-refractivity contribution in [3.05, 3.63) is 11.3 Å². The van der Waals surface area contributed by atoms with E-state index in [1.807, 2.05) is 11.7 Å². The average Bonchev–Trinajstić information content (AvgIpc) is 2.86. The van der Waals surface area contributed by atoms with Crippen LogP contribution in [0.4, 0.5) is 5.82 Å². The molecule has 0 aliphatic carbocycles. The highest BCUT2D eigenvalue weighted by Gasteiger charge is 2.34. The first-order valence-corrected chi connectivity index (χ1v) is 7.20. The van der Waals surface area contributed by atoms with Crippen LogP contribution in [0.25, 0.3) is 0 Å². The Morgan fingerprint density at radius 1 is 1.47 bits per heavy atom. The second-order valence-electron chi connectivity index (χ2n) is 5.50. The Morgan fingerprint density at radius 2 is 2.21 bits per heavy atom. The molecule has 0 spiro atoms. The van der Waals surface area contributed by atoms with Gasteiger partial charge in [0.25, 0.3) is 0 Å². The summed E-state index contributed by atoms with van der Waals surface area (Å²) < 4.78 is 1.96. The molecule has 1 aliphatic heterocycles. The van der Waals surface area contributed by atoms with Gasteiger partial charge in [0.15, 0.2) is 0 Å². The van der Waals surface area contributed by atoms with Crippen molar-refractivity contribution >= 4 is 5.82 Å². The zero-order valence-corrected chi connectivity index (χ0v) is 12.5. The van der Waals surface area contributed by atoms with Gasteiger partial charge in [-0.2, -0.15) is 5.10 Å². The van der Waals surface area contributed by atoms with Crippen LogP contribution in [0.15, 0.2) is 0 Å². The van der Waals surface area contributed by atoms with Gasteiger partial charge in [0.1, 0.15) is 5.82 Å². The van der Waals surface area contributed by atoms with Crippen LogP contribution < -0.4 is 10.2 Å². The molecule has 0 amide bonds. The summed E-state index contributed by atoms with van der Waals surface area (Å²) in [5.41, 5.74) is 2.34. The Morgan fingerprint density at radius 3 is 2.84 bits per heavy atom. The lowest BCUT2D eigenvalue weighted by Gasteiger charge is -2.28. The smallest absolute Gasteiger partial charge is 0.131 e. The first-order chi connectivity index (χ1) is 9.10. The van der Waals surface area contributed by atoms with Crippen molar-refractivity contribution in [1.82, 2.24) is 15.1 Å². The largest absolute Gasteiger partial charge is 0.394 e. The molecule has 0 radical (unpaired) electrons. The maximum absolute atomic E-state index is 9.65. The Kier molecular flexibility index (Phi) is 4.47. The molecular weight excluding hydrogens is 240 g/mol. The minimum atomic E-state index is 0.214. The SMILES string of the molecule is CCNCc1c(C)nn(C)c1N1CCC(C)C1CO. The number of nitrogens with one attached hydrogen (secondary N) is 1. The Hall–Kier alpha value is -1.07. The molecule has 1 aromatic rings. The van der Waals surface area contributed by atoms with Crippen LogP contribution in [0, 0.1) is 12.8 Å². The van der Waals surface area contributed by atoms with Crippen LogP contribution in [0.2, 0.25) is 0 Å². The van der Waals surface area contributed by atoms with E-state index in [0.717, 1.165) is 31.7 Å². The quantitative estimate of drug-likeness (QED) is 0.836. The van der Waals surface area contributed by atoms with Gasteiger partial charge in [-0.3, -0.25) is 4.68 Å². The second-order valence-corrected chi connectivity index (χ2v) is 5.50. The predicted molar refractivity (Wildman–Crippen MR) is 77.3 cm³/mol. The van der Waals surface area contributed by atoms with Gasteiger partial charge in [-0.05, 0) is 25.8 Å². The molecule has 2 atom stereocenters. The monoisotopic (exact) mass is 266 g/mol. The molecule has 5 heteroatoms. The molecule has 0 saturated carbocycles. The molecule has 2 rings (SSSR count). The number of hydrogen-bond acceptors (Lipinski definition) is 4. The third-order valence-corrected chi connectivity index (χ3v) is 4.21. The molecule has 108 valence electrons. The fourth-order valence-corrected chi connectivity index (χ4v) is 3.06. The lowest BCUT2D eigenvalue weighted by molar-refractivity contribution is 0.244. The molecule has 19 heavy (non-hydrogen) atoms. The lowest BCUT2D eigenvalue weighted by Crippen LogP contribution is -2.37. The summed E-state index contributed by atoms with van der Waals surface area (Å²) in [6.45, 7) is 9.40. The molecule has 2 N–H and O–H groups in total. The standard InChI is InChI=1S/C14H26N4O/c1-5-15-8-12-11(3)16-17(4)14(12)18-7-6-10(2)13(18)9-19/h10,13,15,19H,5-9H2,1-4H3. The van der Waals surface area contributed by atoms with Crippen LogP contribution in [-0.2, 0) is 13.6 Å². The van der Waals surface area contributed by atoms with E-state index in [-0.39, 0.29) is 12.6 Å². The molecule has 1 aliphatic rings. The van der Waals surface area contributed by atoms with Crippen LogP contribution in [0.1, 0.15) is 31.5 Å². The minimum absolute atomic E-state index is 0.214. The molecule has 0 aromatic carbocycles. The van der Waals surface area contributed by atoms with Crippen molar-refractivity contribution in [3.8, 4) is 0 Å². The van der Waals surface area contributed by atoms with Gasteiger partial charge < -0.3 is 15.3 Å². The molecule has 2 heterocycles. The Bertz CT molecular complexity index is 429. The predicted octanol–water partition coefficient (Wildman–Crippen LogP) is 1.05. The van der Waals surface area contributed by atoms with Gasteiger partial charge in [-0.15, -0.1) is 0 Å². The van der Waals surface area contributed by atoms with Gasteiger partial charge in [0, 0.05) is 25.7 Å². The van der Waals surface area contributed by atoms with Crippen LogP contribution in [-0.4, -0.2) is 40.6 Å². The first kappa shape index (κ1) is 14.3. The minimum Gasteiger partial charge on any atom is -0.394 e. The fraction of sp³-hybridized carbons (Fsp3) is 0.786. The second kappa shape index (κ2) is 5.92. The summed E-state index contributed by atoms with van der Waals surface area (Å²) in [5, 5.41) is 17.6. The van der Waals surface area contributed by atoms with Crippen molar-refractivity contribution in [2.24, 2.45) is 13.0 Å². The zero-order valence-electron chi connectivity index (χ0n) is 12.5. The van der Waals surface area contributed by atoms with E-state index in [0.29, 0.717) is 5.92 Å². The number of aliphatic hydroxyl groups excluding tert-OH is 1. The van der Waals surface area contributed by atoms with E-state index in [4.69, 9.17) is 0 Å². The highest BCUT2D eigenvalue weighted by atomic mass is 16.3. The summed E-state index contributed by atoms with van der Waals surface area (Å²) in [7, 11) is 2.00. The van der Waals surface area contributed by atoms with Crippen molar-refractivity contribution in [2.45, 2.75) is 39.8 Å². The Balaban J connectivity index is 2.32. The maximum Gasteiger partial charge on any atom is 0.131 e. The molecular formula is C14H26N4O. The lowest BCUT2D eigenvalue weighted by atomic mass is 10.0. The maximum atomic E-state index is 9.65. The third-order valence-electron chi connectivity index (χ3n) is 4.21. The number of hydrogen-bond donors (Lipinski definition) is 2. The highest BCUT2D eigenvalue weighted by Crippen LogP contribution is 2.32. The zero-order chi connectivity index (χ0) is 14.0. The van der Waals surface area contributed by atoms with Crippen molar-refractivity contribution < 1.29 is 5.11 Å². The number of nitrogens with zero attached hydrogens (tertiary/aromatic N) is 3. The summed E-state index contributed by atoms with van der Waals surface area (Å²) >= 11 is 0. The highest BCUT2D eigenvalue weighted by molar-refractivity contribution is 5.52. The van der Waals surface area contributed by atoms with E-state index < -0.39 is 0 Å². The fourth-order valence-electron chi connectivity index (χ4n) is 3.06. The molecule has 0 bridgehead atoms. The van der Waals surface area contributed by atoms with Gasteiger partial charge in [-0.25, -0.2) is 0 Å². The van der Waals surface area contributed by atoms with Crippen LogP contribution in [0.3, 0.4) is 0 Å². The van der Waals surface area contributed by atoms with Crippen LogP contribution >= 0.6 is 0 Å². The van der Waals surface area contributed by atoms with E-state index in [9.17, 15) is 5.11 Å². The van der Waals surface area contributed by atoms with Gasteiger partial charge in [-0.1, -0.05) is 13.8 Å². The average molecular weight is 266 g/mol. The normalized spacial score (nSPS) is 23.3. The van der Waals surface area contributed by atoms with Gasteiger partial charge in [0.2, 0.25) is 0 Å². The Labute approximate surface area is 115 Å². The molecule has 2 unspecified atom stereocenters. The van der Waals surface area contributed by atoms with Crippen LogP contribution in [0.5, 0.6) is 0 Å².